The lowest BCUT2D eigenvalue weighted by molar-refractivity contribution is -0.0505. The van der Waals surface area contributed by atoms with Crippen LogP contribution in [0.15, 0.2) is 18.2 Å². The number of benzene rings is 1. The summed E-state index contributed by atoms with van der Waals surface area (Å²) in [7, 11) is 0. The van der Waals surface area contributed by atoms with E-state index in [4.69, 9.17) is 28.0 Å². The van der Waals surface area contributed by atoms with Crippen LogP contribution in [0.5, 0.6) is 0 Å². The lowest BCUT2D eigenvalue weighted by atomic mass is 10.2. The van der Waals surface area contributed by atoms with Crippen molar-refractivity contribution in [2.45, 2.75) is 26.4 Å². The molecule has 1 rings (SSSR count). The van der Waals surface area contributed by atoms with E-state index in [0.29, 0.717) is 15.7 Å². The summed E-state index contributed by atoms with van der Waals surface area (Å²) >= 11 is 11.6. The van der Waals surface area contributed by atoms with Gasteiger partial charge >= 0.3 is 6.03 Å². The number of anilines is 1. The molecule has 0 aliphatic rings. The van der Waals surface area contributed by atoms with Gasteiger partial charge in [-0.1, -0.05) is 23.2 Å². The van der Waals surface area contributed by atoms with E-state index < -0.39 is 11.6 Å². The van der Waals surface area contributed by atoms with Crippen molar-refractivity contribution in [3.63, 3.8) is 0 Å². The number of halogens is 2. The van der Waals surface area contributed by atoms with Gasteiger partial charge in [-0.05, 0) is 39.0 Å². The lowest BCUT2D eigenvalue weighted by Crippen LogP contribution is -2.36. The van der Waals surface area contributed by atoms with Gasteiger partial charge in [0.05, 0.1) is 5.60 Å². The van der Waals surface area contributed by atoms with Crippen LogP contribution in [0.2, 0.25) is 10.0 Å². The van der Waals surface area contributed by atoms with E-state index in [1.165, 1.54) is 0 Å². The van der Waals surface area contributed by atoms with Gasteiger partial charge in [-0.2, -0.15) is 0 Å². The van der Waals surface area contributed by atoms with E-state index in [0.717, 1.165) is 0 Å². The number of carbonyl (C=O) groups excluding carboxylic acids is 1. The fraction of sp³-hybridized carbons (Fsp3) is 0.364. The third-order valence-electron chi connectivity index (χ3n) is 1.57. The first kappa shape index (κ1) is 14.1. The predicted molar refractivity (Wildman–Crippen MR) is 69.5 cm³/mol. The molecule has 0 saturated heterocycles. The first-order chi connectivity index (χ1) is 7.76. The Morgan fingerprint density at radius 2 is 1.71 bits per heavy atom. The fourth-order valence-corrected chi connectivity index (χ4v) is 1.51. The summed E-state index contributed by atoms with van der Waals surface area (Å²) in [6, 6.07) is 4.27. The molecule has 0 fully saturated rings. The van der Waals surface area contributed by atoms with Gasteiger partial charge < -0.3 is 5.32 Å². The molecule has 0 aliphatic carbocycles. The molecule has 2 N–H and O–H groups in total. The smallest absolute Gasteiger partial charge is 0.306 e. The number of rotatable bonds is 2. The molecular weight excluding hydrogens is 263 g/mol. The standard InChI is InChI=1S/C11H14Cl2N2O2/c1-11(2,3)17-15-10(16)14-9-5-7(12)4-8(13)6-9/h4-6H,1-3H3,(H2,14,15,16). The molecule has 0 aromatic heterocycles. The van der Waals surface area contributed by atoms with Crippen LogP contribution in [0, 0.1) is 0 Å². The quantitative estimate of drug-likeness (QED) is 0.807. The van der Waals surface area contributed by atoms with Crippen molar-refractivity contribution in [2.24, 2.45) is 0 Å². The Hall–Kier alpha value is -0.970. The van der Waals surface area contributed by atoms with Gasteiger partial charge in [-0.3, -0.25) is 4.84 Å². The summed E-state index contributed by atoms with van der Waals surface area (Å²) < 4.78 is 0. The Balaban J connectivity index is 2.56. The van der Waals surface area contributed by atoms with Gasteiger partial charge in [-0.15, -0.1) is 0 Å². The topological polar surface area (TPSA) is 50.4 Å². The Kier molecular flexibility index (Phi) is 4.62. The van der Waals surface area contributed by atoms with E-state index >= 15 is 0 Å². The second kappa shape index (κ2) is 5.58. The van der Waals surface area contributed by atoms with E-state index in [-0.39, 0.29) is 0 Å². The average Bonchev–Trinajstić information content (AvgIpc) is 2.11. The SMILES string of the molecule is CC(C)(C)ONC(=O)Nc1cc(Cl)cc(Cl)c1. The Morgan fingerprint density at radius 3 is 2.18 bits per heavy atom. The zero-order valence-electron chi connectivity index (χ0n) is 9.80. The number of hydrogen-bond acceptors (Lipinski definition) is 2. The van der Waals surface area contributed by atoms with Gasteiger partial charge in [0, 0.05) is 15.7 Å². The maximum atomic E-state index is 11.4. The molecule has 0 heterocycles. The third-order valence-corrected chi connectivity index (χ3v) is 2.01. The van der Waals surface area contributed by atoms with Crippen LogP contribution in [0.3, 0.4) is 0 Å². The van der Waals surface area contributed by atoms with Crippen molar-refractivity contribution in [1.82, 2.24) is 5.48 Å². The van der Waals surface area contributed by atoms with E-state index in [9.17, 15) is 4.79 Å². The molecule has 0 aliphatic heterocycles. The van der Waals surface area contributed by atoms with Gasteiger partial charge in [-0.25, -0.2) is 10.3 Å². The van der Waals surface area contributed by atoms with Crippen LogP contribution in [0.1, 0.15) is 20.8 Å². The molecular formula is C11H14Cl2N2O2. The minimum absolute atomic E-state index is 0.449. The number of hydroxylamine groups is 1. The van der Waals surface area contributed by atoms with E-state index in [2.05, 4.69) is 10.8 Å². The summed E-state index contributed by atoms with van der Waals surface area (Å²) in [6.07, 6.45) is 0. The second-order valence-electron chi connectivity index (χ2n) is 4.43. The molecule has 1 aromatic carbocycles. The normalized spacial score (nSPS) is 11.1. The number of carbonyl (C=O) groups is 1. The Labute approximate surface area is 110 Å². The van der Waals surface area contributed by atoms with E-state index in [1.807, 2.05) is 20.8 Å². The lowest BCUT2D eigenvalue weighted by Gasteiger charge is -2.19. The maximum Gasteiger partial charge on any atom is 0.343 e. The molecule has 0 bridgehead atoms. The first-order valence-electron chi connectivity index (χ1n) is 4.97. The third kappa shape index (κ3) is 5.77. The molecule has 0 radical (unpaired) electrons. The van der Waals surface area contributed by atoms with Crippen molar-refractivity contribution >= 4 is 34.9 Å². The monoisotopic (exact) mass is 276 g/mol. The minimum atomic E-state index is -0.488. The average molecular weight is 277 g/mol. The highest BCUT2D eigenvalue weighted by molar-refractivity contribution is 6.35. The Bertz CT molecular complexity index is 396. The van der Waals surface area contributed by atoms with E-state index in [1.54, 1.807) is 18.2 Å². The zero-order valence-corrected chi connectivity index (χ0v) is 11.3. The maximum absolute atomic E-state index is 11.4. The largest absolute Gasteiger partial charge is 0.343 e. The number of urea groups is 1. The second-order valence-corrected chi connectivity index (χ2v) is 5.30. The van der Waals surface area contributed by atoms with Gasteiger partial charge in [0.15, 0.2) is 0 Å². The summed E-state index contributed by atoms with van der Waals surface area (Å²) in [6.45, 7) is 5.47. The Morgan fingerprint density at radius 1 is 1.18 bits per heavy atom. The number of nitrogens with one attached hydrogen (secondary N) is 2. The van der Waals surface area contributed by atoms with Crippen LogP contribution in [-0.4, -0.2) is 11.6 Å². The molecule has 6 heteroatoms. The van der Waals surface area contributed by atoms with Crippen molar-refractivity contribution < 1.29 is 9.63 Å². The van der Waals surface area contributed by atoms with Crippen molar-refractivity contribution in [1.29, 1.82) is 0 Å². The molecule has 0 spiro atoms. The molecule has 0 atom stereocenters. The van der Waals surface area contributed by atoms with Crippen molar-refractivity contribution in [2.75, 3.05) is 5.32 Å². The van der Waals surface area contributed by atoms with Crippen LogP contribution < -0.4 is 10.8 Å². The van der Waals surface area contributed by atoms with Crippen LogP contribution in [-0.2, 0) is 4.84 Å². The van der Waals surface area contributed by atoms with Gasteiger partial charge in [0.25, 0.3) is 0 Å². The number of hydrogen-bond donors (Lipinski definition) is 2. The predicted octanol–water partition coefficient (Wildman–Crippen LogP) is 3.85. The first-order valence-corrected chi connectivity index (χ1v) is 5.73. The van der Waals surface area contributed by atoms with Crippen LogP contribution in [0.25, 0.3) is 0 Å². The minimum Gasteiger partial charge on any atom is -0.306 e. The number of amides is 2. The molecule has 1 aromatic rings. The molecule has 4 nitrogen and oxygen atoms in total. The van der Waals surface area contributed by atoms with Crippen molar-refractivity contribution in [3.05, 3.63) is 28.2 Å². The summed E-state index contributed by atoms with van der Waals surface area (Å²) in [5.41, 5.74) is 2.32. The highest BCUT2D eigenvalue weighted by Crippen LogP contribution is 2.22. The zero-order chi connectivity index (χ0) is 13.1. The summed E-state index contributed by atoms with van der Waals surface area (Å²) in [5.74, 6) is 0. The highest BCUT2D eigenvalue weighted by Gasteiger charge is 2.12. The summed E-state index contributed by atoms with van der Waals surface area (Å²) in [4.78, 5) is 16.5. The van der Waals surface area contributed by atoms with Gasteiger partial charge in [0.2, 0.25) is 0 Å². The molecule has 2 amide bonds. The highest BCUT2D eigenvalue weighted by atomic mass is 35.5. The molecule has 94 valence electrons. The molecule has 0 unspecified atom stereocenters. The summed E-state index contributed by atoms with van der Waals surface area (Å²) in [5, 5.41) is 3.45. The van der Waals surface area contributed by atoms with Crippen LogP contribution in [0.4, 0.5) is 10.5 Å². The van der Waals surface area contributed by atoms with Crippen molar-refractivity contribution in [3.8, 4) is 0 Å². The molecule has 17 heavy (non-hydrogen) atoms. The van der Waals surface area contributed by atoms with Gasteiger partial charge in [0.1, 0.15) is 0 Å². The fourth-order valence-electron chi connectivity index (χ4n) is 0.982. The molecule has 0 saturated carbocycles. The van der Waals surface area contributed by atoms with Crippen LogP contribution >= 0.6 is 23.2 Å².